The standard InChI is InChI=1S/C10H7ClFNS/c11-9-2-1-7(5-10(9)12)13-8-3-4-14-6-8/h1-6,13H. The zero-order valence-corrected chi connectivity index (χ0v) is 8.70. The second-order valence-corrected chi connectivity index (χ2v) is 3.95. The minimum absolute atomic E-state index is 0.140. The Bertz CT molecular complexity index is 428. The fourth-order valence-corrected chi connectivity index (χ4v) is 1.78. The molecule has 0 aliphatic carbocycles. The van der Waals surface area contributed by atoms with Crippen LogP contribution in [-0.2, 0) is 0 Å². The van der Waals surface area contributed by atoms with Crippen molar-refractivity contribution in [3.05, 3.63) is 45.9 Å². The number of hydrogen-bond donors (Lipinski definition) is 1. The second kappa shape index (κ2) is 3.98. The maximum absolute atomic E-state index is 13.0. The van der Waals surface area contributed by atoms with Crippen LogP contribution in [0.5, 0.6) is 0 Å². The van der Waals surface area contributed by atoms with E-state index in [4.69, 9.17) is 11.6 Å². The summed E-state index contributed by atoms with van der Waals surface area (Å²) < 4.78 is 13.0. The maximum atomic E-state index is 13.0. The van der Waals surface area contributed by atoms with Gasteiger partial charge >= 0.3 is 0 Å². The quantitative estimate of drug-likeness (QED) is 0.807. The molecule has 0 spiro atoms. The number of rotatable bonds is 2. The highest BCUT2D eigenvalue weighted by atomic mass is 35.5. The molecule has 0 saturated heterocycles. The summed E-state index contributed by atoms with van der Waals surface area (Å²) in [5, 5.41) is 7.11. The Morgan fingerprint density at radius 1 is 1.21 bits per heavy atom. The summed E-state index contributed by atoms with van der Waals surface area (Å²) in [5.41, 5.74) is 1.65. The normalized spacial score (nSPS) is 10.1. The number of hydrogen-bond acceptors (Lipinski definition) is 2. The maximum Gasteiger partial charge on any atom is 0.143 e. The second-order valence-electron chi connectivity index (χ2n) is 2.77. The van der Waals surface area contributed by atoms with Gasteiger partial charge in [0.2, 0.25) is 0 Å². The molecule has 0 amide bonds. The van der Waals surface area contributed by atoms with Crippen molar-refractivity contribution in [2.75, 3.05) is 5.32 Å². The summed E-state index contributed by atoms with van der Waals surface area (Å²) in [6.07, 6.45) is 0. The summed E-state index contributed by atoms with van der Waals surface area (Å²) in [6, 6.07) is 6.58. The summed E-state index contributed by atoms with van der Waals surface area (Å²) in [6.45, 7) is 0. The van der Waals surface area contributed by atoms with Gasteiger partial charge in [0.15, 0.2) is 0 Å². The van der Waals surface area contributed by atoms with Gasteiger partial charge in [0, 0.05) is 16.8 Å². The zero-order chi connectivity index (χ0) is 9.97. The molecule has 0 unspecified atom stereocenters. The van der Waals surface area contributed by atoms with Crippen molar-refractivity contribution < 1.29 is 4.39 Å². The highest BCUT2D eigenvalue weighted by Crippen LogP contribution is 2.23. The SMILES string of the molecule is Fc1cc(Nc2ccsc2)ccc1Cl. The average molecular weight is 228 g/mol. The van der Waals surface area contributed by atoms with Crippen LogP contribution in [0.15, 0.2) is 35.0 Å². The Hall–Kier alpha value is -1.06. The van der Waals surface area contributed by atoms with Crippen LogP contribution in [0.4, 0.5) is 15.8 Å². The molecule has 14 heavy (non-hydrogen) atoms. The molecule has 4 heteroatoms. The van der Waals surface area contributed by atoms with Crippen LogP contribution in [0, 0.1) is 5.82 Å². The third-order valence-electron chi connectivity index (χ3n) is 1.73. The molecule has 0 fully saturated rings. The molecular weight excluding hydrogens is 221 g/mol. The van der Waals surface area contributed by atoms with E-state index >= 15 is 0 Å². The first-order chi connectivity index (χ1) is 6.75. The molecule has 0 saturated carbocycles. The molecular formula is C10H7ClFNS. The highest BCUT2D eigenvalue weighted by Gasteiger charge is 2.00. The molecule has 0 radical (unpaired) electrons. The summed E-state index contributed by atoms with van der Waals surface area (Å²) >= 11 is 7.15. The van der Waals surface area contributed by atoms with E-state index in [1.807, 2.05) is 16.8 Å². The molecule has 0 bridgehead atoms. The molecule has 1 heterocycles. The topological polar surface area (TPSA) is 12.0 Å². The van der Waals surface area contributed by atoms with Crippen molar-refractivity contribution in [3.8, 4) is 0 Å². The van der Waals surface area contributed by atoms with E-state index in [-0.39, 0.29) is 5.02 Å². The molecule has 1 nitrogen and oxygen atoms in total. The van der Waals surface area contributed by atoms with Crippen molar-refractivity contribution in [1.29, 1.82) is 0 Å². The number of nitrogens with one attached hydrogen (secondary N) is 1. The molecule has 72 valence electrons. The number of anilines is 2. The van der Waals surface area contributed by atoms with Gasteiger partial charge in [-0.1, -0.05) is 11.6 Å². The monoisotopic (exact) mass is 227 g/mol. The van der Waals surface area contributed by atoms with E-state index in [1.54, 1.807) is 17.4 Å². The van der Waals surface area contributed by atoms with E-state index in [0.29, 0.717) is 5.69 Å². The molecule has 1 aromatic heterocycles. The Labute approximate surface area is 90.1 Å². The summed E-state index contributed by atoms with van der Waals surface area (Å²) in [7, 11) is 0. The number of benzene rings is 1. The molecule has 0 atom stereocenters. The average Bonchev–Trinajstić information content (AvgIpc) is 2.64. The highest BCUT2D eigenvalue weighted by molar-refractivity contribution is 7.08. The largest absolute Gasteiger partial charge is 0.355 e. The van der Waals surface area contributed by atoms with E-state index in [2.05, 4.69) is 5.32 Å². The molecule has 2 rings (SSSR count). The third-order valence-corrected chi connectivity index (χ3v) is 2.72. The van der Waals surface area contributed by atoms with Crippen molar-refractivity contribution in [3.63, 3.8) is 0 Å². The van der Waals surface area contributed by atoms with Crippen LogP contribution in [0.2, 0.25) is 5.02 Å². The van der Waals surface area contributed by atoms with Crippen molar-refractivity contribution in [2.24, 2.45) is 0 Å². The zero-order valence-electron chi connectivity index (χ0n) is 7.13. The Balaban J connectivity index is 2.22. The van der Waals surface area contributed by atoms with E-state index in [0.717, 1.165) is 5.69 Å². The minimum Gasteiger partial charge on any atom is -0.355 e. The van der Waals surface area contributed by atoms with Crippen LogP contribution in [0.1, 0.15) is 0 Å². The van der Waals surface area contributed by atoms with Crippen LogP contribution in [0.25, 0.3) is 0 Å². The minimum atomic E-state index is -0.410. The fraction of sp³-hybridized carbons (Fsp3) is 0. The van der Waals surface area contributed by atoms with Gasteiger partial charge in [0.25, 0.3) is 0 Å². The van der Waals surface area contributed by atoms with Gasteiger partial charge in [-0.25, -0.2) is 4.39 Å². The van der Waals surface area contributed by atoms with Crippen LogP contribution in [0.3, 0.4) is 0 Å². The van der Waals surface area contributed by atoms with Crippen molar-refractivity contribution >= 4 is 34.3 Å². The first-order valence-corrected chi connectivity index (χ1v) is 5.32. The fourth-order valence-electron chi connectivity index (χ4n) is 1.08. The predicted octanol–water partition coefficient (Wildman–Crippen LogP) is 4.28. The first-order valence-electron chi connectivity index (χ1n) is 4.00. The Morgan fingerprint density at radius 2 is 2.07 bits per heavy atom. The molecule has 1 aromatic carbocycles. The molecule has 2 aromatic rings. The van der Waals surface area contributed by atoms with Gasteiger partial charge in [-0.3, -0.25) is 0 Å². The lowest BCUT2D eigenvalue weighted by Gasteiger charge is -2.03. The van der Waals surface area contributed by atoms with E-state index in [1.165, 1.54) is 12.1 Å². The van der Waals surface area contributed by atoms with Crippen molar-refractivity contribution in [2.45, 2.75) is 0 Å². The Kier molecular flexibility index (Phi) is 2.70. The third kappa shape index (κ3) is 2.05. The molecule has 0 aliphatic heterocycles. The van der Waals surface area contributed by atoms with Gasteiger partial charge in [0.1, 0.15) is 5.82 Å². The lowest BCUT2D eigenvalue weighted by molar-refractivity contribution is 0.629. The lowest BCUT2D eigenvalue weighted by atomic mass is 10.3. The van der Waals surface area contributed by atoms with Gasteiger partial charge in [0.05, 0.1) is 5.02 Å². The van der Waals surface area contributed by atoms with E-state index in [9.17, 15) is 4.39 Å². The Morgan fingerprint density at radius 3 is 2.71 bits per heavy atom. The lowest BCUT2D eigenvalue weighted by Crippen LogP contribution is -1.88. The van der Waals surface area contributed by atoms with Gasteiger partial charge in [-0.15, -0.1) is 0 Å². The van der Waals surface area contributed by atoms with Gasteiger partial charge in [-0.05, 0) is 29.6 Å². The summed E-state index contributed by atoms with van der Waals surface area (Å²) in [4.78, 5) is 0. The van der Waals surface area contributed by atoms with Crippen LogP contribution >= 0.6 is 22.9 Å². The first kappa shape index (κ1) is 9.49. The van der Waals surface area contributed by atoms with Crippen molar-refractivity contribution in [1.82, 2.24) is 0 Å². The van der Waals surface area contributed by atoms with Gasteiger partial charge in [-0.2, -0.15) is 11.3 Å². The molecule has 1 N–H and O–H groups in total. The number of thiophene rings is 1. The summed E-state index contributed by atoms with van der Waals surface area (Å²) in [5.74, 6) is -0.410. The van der Waals surface area contributed by atoms with Crippen LogP contribution in [-0.4, -0.2) is 0 Å². The molecule has 0 aliphatic rings. The van der Waals surface area contributed by atoms with Crippen LogP contribution < -0.4 is 5.32 Å². The van der Waals surface area contributed by atoms with Gasteiger partial charge < -0.3 is 5.32 Å². The van der Waals surface area contributed by atoms with E-state index < -0.39 is 5.82 Å². The number of halogens is 2. The predicted molar refractivity (Wildman–Crippen MR) is 59.0 cm³/mol. The smallest absolute Gasteiger partial charge is 0.143 e.